The average molecular weight is 449 g/mol. The van der Waals surface area contributed by atoms with Crippen molar-refractivity contribution < 1.29 is 9.59 Å². The Balaban J connectivity index is 1.52. The van der Waals surface area contributed by atoms with Crippen LogP contribution >= 0.6 is 11.3 Å². The Labute approximate surface area is 192 Å². The Bertz CT molecular complexity index is 1120. The van der Waals surface area contributed by atoms with E-state index in [9.17, 15) is 9.59 Å². The molecule has 0 saturated carbocycles. The van der Waals surface area contributed by atoms with E-state index in [-0.39, 0.29) is 29.9 Å². The molecular weight excluding hydrogens is 420 g/mol. The number of rotatable bonds is 5. The molecule has 4 heterocycles. The van der Waals surface area contributed by atoms with Crippen LogP contribution in [0.4, 0.5) is 0 Å². The second-order valence-corrected chi connectivity index (χ2v) is 10.0. The van der Waals surface area contributed by atoms with Gasteiger partial charge in [-0.3, -0.25) is 9.59 Å². The van der Waals surface area contributed by atoms with Crippen molar-refractivity contribution in [3.8, 4) is 11.4 Å². The standard InChI is InChI=1S/C25H28N4O2S/c1-16(2)26-25(31)23-21-13-18-10-11-19(29(18)22(30)14-20-9-6-12-32-20)15-28(21)24(27-23)17-7-4-3-5-8-17/h3-9,12,16,18-19H,10-11,13-15H2,1-2H3,(H,26,31)/t18-,19+/m0/s1. The first-order valence-electron chi connectivity index (χ1n) is 11.3. The van der Waals surface area contributed by atoms with Gasteiger partial charge in [0.15, 0.2) is 0 Å². The van der Waals surface area contributed by atoms with Crippen LogP contribution in [0.2, 0.25) is 0 Å². The van der Waals surface area contributed by atoms with Crippen molar-refractivity contribution in [3.63, 3.8) is 0 Å². The summed E-state index contributed by atoms with van der Waals surface area (Å²) in [5.41, 5.74) is 2.44. The van der Waals surface area contributed by atoms with Crippen LogP contribution in [-0.4, -0.2) is 44.4 Å². The molecule has 0 spiro atoms. The lowest BCUT2D eigenvalue weighted by atomic mass is 10.0. The van der Waals surface area contributed by atoms with E-state index in [0.717, 1.165) is 34.8 Å². The summed E-state index contributed by atoms with van der Waals surface area (Å²) >= 11 is 1.63. The first kappa shape index (κ1) is 20.9. The van der Waals surface area contributed by atoms with Crippen LogP contribution < -0.4 is 5.32 Å². The summed E-state index contributed by atoms with van der Waals surface area (Å²) in [5, 5.41) is 5.02. The summed E-state index contributed by atoms with van der Waals surface area (Å²) in [6.07, 6.45) is 3.07. The quantitative estimate of drug-likeness (QED) is 0.644. The van der Waals surface area contributed by atoms with E-state index in [1.165, 1.54) is 0 Å². The van der Waals surface area contributed by atoms with Crippen molar-refractivity contribution >= 4 is 23.2 Å². The minimum Gasteiger partial charge on any atom is -0.348 e. The lowest BCUT2D eigenvalue weighted by Gasteiger charge is -2.28. The highest BCUT2D eigenvalue weighted by molar-refractivity contribution is 7.10. The Kier molecular flexibility index (Phi) is 5.59. The summed E-state index contributed by atoms with van der Waals surface area (Å²) < 4.78 is 2.19. The molecule has 6 nitrogen and oxygen atoms in total. The third-order valence-corrected chi connectivity index (χ3v) is 7.25. The van der Waals surface area contributed by atoms with Gasteiger partial charge in [0.25, 0.3) is 5.91 Å². The Morgan fingerprint density at radius 1 is 1.12 bits per heavy atom. The molecular formula is C25H28N4O2S. The normalized spacial score (nSPS) is 19.7. The first-order valence-corrected chi connectivity index (χ1v) is 12.2. The van der Waals surface area contributed by atoms with Crippen molar-refractivity contribution in [2.75, 3.05) is 0 Å². The number of nitrogens with zero attached hydrogens (tertiary/aromatic N) is 3. The Morgan fingerprint density at radius 2 is 1.91 bits per heavy atom. The highest BCUT2D eigenvalue weighted by Crippen LogP contribution is 2.36. The lowest BCUT2D eigenvalue weighted by Crippen LogP contribution is -2.42. The van der Waals surface area contributed by atoms with Crippen LogP contribution in [0.3, 0.4) is 0 Å². The minimum absolute atomic E-state index is 0.0335. The molecule has 2 aliphatic heterocycles. The molecule has 2 aromatic heterocycles. The average Bonchev–Trinajstić information content (AvgIpc) is 3.46. The molecule has 5 rings (SSSR count). The molecule has 7 heteroatoms. The number of hydrogen-bond donors (Lipinski definition) is 1. The van der Waals surface area contributed by atoms with Crippen LogP contribution in [0.25, 0.3) is 11.4 Å². The molecule has 2 atom stereocenters. The number of imidazole rings is 1. The number of carbonyl (C=O) groups is 2. The molecule has 0 aliphatic carbocycles. The number of benzene rings is 1. The number of aromatic nitrogens is 2. The lowest BCUT2D eigenvalue weighted by molar-refractivity contribution is -0.133. The predicted octanol–water partition coefficient (Wildman–Crippen LogP) is 3.91. The molecule has 0 radical (unpaired) electrons. The number of thiophene rings is 1. The summed E-state index contributed by atoms with van der Waals surface area (Å²) in [6.45, 7) is 4.59. The van der Waals surface area contributed by atoms with Crippen LogP contribution in [0.5, 0.6) is 0 Å². The van der Waals surface area contributed by atoms with Gasteiger partial charge in [0.2, 0.25) is 5.91 Å². The maximum Gasteiger partial charge on any atom is 0.271 e. The van der Waals surface area contributed by atoms with E-state index in [1.807, 2.05) is 61.7 Å². The largest absolute Gasteiger partial charge is 0.348 e. The van der Waals surface area contributed by atoms with Crippen LogP contribution in [-0.2, 0) is 24.2 Å². The van der Waals surface area contributed by atoms with Crippen LogP contribution in [0, 0.1) is 0 Å². The smallest absolute Gasteiger partial charge is 0.271 e. The molecule has 2 aliphatic rings. The summed E-state index contributed by atoms with van der Waals surface area (Å²) in [5.74, 6) is 0.862. The molecule has 166 valence electrons. The number of amides is 2. The fourth-order valence-corrected chi connectivity index (χ4v) is 5.74. The molecule has 3 aromatic rings. The van der Waals surface area contributed by atoms with E-state index in [2.05, 4.69) is 14.8 Å². The van der Waals surface area contributed by atoms with Crippen molar-refractivity contribution in [2.45, 2.75) is 64.2 Å². The minimum atomic E-state index is -0.139. The monoisotopic (exact) mass is 448 g/mol. The highest BCUT2D eigenvalue weighted by Gasteiger charge is 2.42. The van der Waals surface area contributed by atoms with Gasteiger partial charge in [-0.15, -0.1) is 11.3 Å². The second kappa shape index (κ2) is 8.54. The molecule has 1 fully saturated rings. The topological polar surface area (TPSA) is 67.2 Å². The van der Waals surface area contributed by atoms with Crippen LogP contribution in [0.15, 0.2) is 47.8 Å². The molecule has 32 heavy (non-hydrogen) atoms. The van der Waals surface area contributed by atoms with E-state index < -0.39 is 0 Å². The molecule has 1 N–H and O–H groups in total. The summed E-state index contributed by atoms with van der Waals surface area (Å²) in [4.78, 5) is 34.4. The Morgan fingerprint density at radius 3 is 2.62 bits per heavy atom. The zero-order valence-electron chi connectivity index (χ0n) is 18.5. The number of nitrogens with one attached hydrogen (secondary N) is 1. The van der Waals surface area contributed by atoms with E-state index in [4.69, 9.17) is 4.98 Å². The van der Waals surface area contributed by atoms with Crippen LogP contribution in [0.1, 0.15) is 47.7 Å². The Hall–Kier alpha value is -2.93. The van der Waals surface area contributed by atoms with Crippen molar-refractivity contribution in [1.82, 2.24) is 19.8 Å². The number of hydrogen-bond acceptors (Lipinski definition) is 4. The fourth-order valence-electron chi connectivity index (χ4n) is 5.05. The maximum atomic E-state index is 13.3. The zero-order valence-corrected chi connectivity index (χ0v) is 19.3. The number of carbonyl (C=O) groups excluding carboxylic acids is 2. The predicted molar refractivity (Wildman–Crippen MR) is 126 cm³/mol. The van der Waals surface area contributed by atoms with E-state index >= 15 is 0 Å². The van der Waals surface area contributed by atoms with Crippen molar-refractivity contribution in [2.24, 2.45) is 0 Å². The fraction of sp³-hybridized carbons (Fsp3) is 0.400. The van der Waals surface area contributed by atoms with Gasteiger partial charge in [-0.1, -0.05) is 36.4 Å². The molecule has 2 amide bonds. The van der Waals surface area contributed by atoms with Crippen molar-refractivity contribution in [3.05, 3.63) is 64.1 Å². The van der Waals surface area contributed by atoms with Gasteiger partial charge in [0.1, 0.15) is 11.5 Å². The number of fused-ring (bicyclic) bond motifs is 3. The molecule has 0 unspecified atom stereocenters. The highest BCUT2D eigenvalue weighted by atomic mass is 32.1. The second-order valence-electron chi connectivity index (χ2n) is 8.98. The van der Waals surface area contributed by atoms with Gasteiger partial charge < -0.3 is 14.8 Å². The summed E-state index contributed by atoms with van der Waals surface area (Å²) in [6, 6.07) is 14.3. The van der Waals surface area contributed by atoms with Gasteiger partial charge in [-0.05, 0) is 38.1 Å². The third kappa shape index (κ3) is 3.86. The first-order chi connectivity index (χ1) is 15.5. The SMILES string of the molecule is CC(C)NC(=O)c1nc(-c2ccccc2)n2c1C[C@@H]1CC[C@H](C2)N1C(=O)Cc1cccs1. The van der Waals surface area contributed by atoms with E-state index in [1.54, 1.807) is 11.3 Å². The van der Waals surface area contributed by atoms with Gasteiger partial charge >= 0.3 is 0 Å². The maximum absolute atomic E-state index is 13.3. The van der Waals surface area contributed by atoms with Gasteiger partial charge in [0.05, 0.1) is 18.2 Å². The van der Waals surface area contributed by atoms with Gasteiger partial charge in [-0.25, -0.2) is 4.98 Å². The molecule has 1 aromatic carbocycles. The van der Waals surface area contributed by atoms with Gasteiger partial charge in [-0.2, -0.15) is 0 Å². The molecule has 1 saturated heterocycles. The molecule has 2 bridgehead atoms. The van der Waals surface area contributed by atoms with Gasteiger partial charge in [0, 0.05) is 35.5 Å². The zero-order chi connectivity index (χ0) is 22.2. The van der Waals surface area contributed by atoms with E-state index in [0.29, 0.717) is 25.1 Å². The summed E-state index contributed by atoms with van der Waals surface area (Å²) in [7, 11) is 0. The third-order valence-electron chi connectivity index (χ3n) is 6.38. The van der Waals surface area contributed by atoms with Crippen molar-refractivity contribution in [1.29, 1.82) is 0 Å².